The van der Waals surface area contributed by atoms with Crippen LogP contribution in [0.3, 0.4) is 0 Å². The minimum absolute atomic E-state index is 0.0565. The number of nitrogens with zero attached hydrogens (tertiary/aromatic N) is 1. The van der Waals surface area contributed by atoms with Gasteiger partial charge in [-0.05, 0) is 30.5 Å². The fraction of sp³-hybridized carbons (Fsp3) is 0.529. The van der Waals surface area contributed by atoms with E-state index in [4.69, 9.17) is 10.8 Å². The Labute approximate surface area is 137 Å². The molecule has 4 N–H and O–H groups in total. The maximum absolute atomic E-state index is 12.9. The lowest BCUT2D eigenvalue weighted by atomic mass is 10.0. The van der Waals surface area contributed by atoms with Gasteiger partial charge < -0.3 is 21.1 Å². The van der Waals surface area contributed by atoms with Crippen LogP contribution in [0, 0.1) is 5.92 Å². The van der Waals surface area contributed by atoms with Crippen LogP contribution in [0.4, 0.5) is 11.4 Å². The SMILES string of the molecule is CCC(CC(=O)O)N(CC(C)C)C(=O)c1ccc(NC)c(N)c1. The van der Waals surface area contributed by atoms with E-state index in [1.165, 1.54) is 0 Å². The predicted molar refractivity (Wildman–Crippen MR) is 92.6 cm³/mol. The molecule has 0 aromatic heterocycles. The quantitative estimate of drug-likeness (QED) is 0.640. The standard InChI is InChI=1S/C17H27N3O3/c1-5-13(9-16(21)22)20(10-11(2)3)17(23)12-6-7-15(19-4)14(18)8-12/h6-8,11,13,19H,5,9-10,18H2,1-4H3,(H,21,22). The number of rotatable bonds is 8. The summed E-state index contributed by atoms with van der Waals surface area (Å²) < 4.78 is 0. The second-order valence-corrected chi connectivity index (χ2v) is 6.06. The molecule has 1 rings (SSSR count). The summed E-state index contributed by atoms with van der Waals surface area (Å²) in [7, 11) is 1.76. The van der Waals surface area contributed by atoms with Crippen LogP contribution in [0.5, 0.6) is 0 Å². The number of benzene rings is 1. The van der Waals surface area contributed by atoms with Crippen LogP contribution >= 0.6 is 0 Å². The number of nitrogens with one attached hydrogen (secondary N) is 1. The topological polar surface area (TPSA) is 95.7 Å². The van der Waals surface area contributed by atoms with E-state index < -0.39 is 5.97 Å². The minimum Gasteiger partial charge on any atom is -0.481 e. The fourth-order valence-electron chi connectivity index (χ4n) is 2.56. The Balaban J connectivity index is 3.12. The highest BCUT2D eigenvalue weighted by Crippen LogP contribution is 2.22. The first-order valence-corrected chi connectivity index (χ1v) is 7.90. The van der Waals surface area contributed by atoms with Gasteiger partial charge in [-0.15, -0.1) is 0 Å². The predicted octanol–water partition coefficient (Wildman–Crippen LogP) is 2.66. The van der Waals surface area contributed by atoms with Gasteiger partial charge in [-0.3, -0.25) is 9.59 Å². The Hall–Kier alpha value is -2.24. The molecule has 0 spiro atoms. The number of hydrogen-bond acceptors (Lipinski definition) is 4. The second-order valence-electron chi connectivity index (χ2n) is 6.06. The summed E-state index contributed by atoms with van der Waals surface area (Å²) in [4.78, 5) is 25.6. The van der Waals surface area contributed by atoms with Gasteiger partial charge in [0.15, 0.2) is 0 Å². The monoisotopic (exact) mass is 321 g/mol. The van der Waals surface area contributed by atoms with Crippen LogP contribution in [0.2, 0.25) is 0 Å². The van der Waals surface area contributed by atoms with Crippen LogP contribution in [-0.2, 0) is 4.79 Å². The molecule has 128 valence electrons. The molecule has 0 fully saturated rings. The Morgan fingerprint density at radius 2 is 2.00 bits per heavy atom. The molecule has 6 nitrogen and oxygen atoms in total. The molecule has 0 aliphatic rings. The van der Waals surface area contributed by atoms with E-state index in [2.05, 4.69) is 5.32 Å². The molecule has 0 saturated carbocycles. The summed E-state index contributed by atoms with van der Waals surface area (Å²) in [6.45, 7) is 6.42. The summed E-state index contributed by atoms with van der Waals surface area (Å²) in [5.74, 6) is -0.833. The average Bonchev–Trinajstić information content (AvgIpc) is 2.49. The number of carboxylic acids is 1. The highest BCUT2D eigenvalue weighted by molar-refractivity contribution is 5.96. The van der Waals surface area contributed by atoms with Gasteiger partial charge in [0.25, 0.3) is 5.91 Å². The third-order valence-corrected chi connectivity index (χ3v) is 3.71. The van der Waals surface area contributed by atoms with Crippen molar-refractivity contribution in [3.63, 3.8) is 0 Å². The zero-order chi connectivity index (χ0) is 17.6. The van der Waals surface area contributed by atoms with Crippen molar-refractivity contribution in [3.05, 3.63) is 23.8 Å². The normalized spacial score (nSPS) is 12.0. The largest absolute Gasteiger partial charge is 0.481 e. The van der Waals surface area contributed by atoms with E-state index in [1.807, 2.05) is 20.8 Å². The van der Waals surface area contributed by atoms with Gasteiger partial charge in [0.05, 0.1) is 17.8 Å². The first-order valence-electron chi connectivity index (χ1n) is 7.90. The van der Waals surface area contributed by atoms with Crippen molar-refractivity contribution in [3.8, 4) is 0 Å². The molecule has 0 bridgehead atoms. The number of aliphatic carboxylic acids is 1. The van der Waals surface area contributed by atoms with Gasteiger partial charge in [-0.1, -0.05) is 20.8 Å². The number of carbonyl (C=O) groups is 2. The average molecular weight is 321 g/mol. The zero-order valence-corrected chi connectivity index (χ0v) is 14.3. The Kier molecular flexibility index (Phi) is 6.88. The molecule has 1 aromatic carbocycles. The van der Waals surface area contributed by atoms with E-state index in [0.717, 1.165) is 5.69 Å². The molecular formula is C17H27N3O3. The third-order valence-electron chi connectivity index (χ3n) is 3.71. The number of amides is 1. The molecule has 1 amide bonds. The molecule has 0 saturated heterocycles. The second kappa shape index (κ2) is 8.41. The zero-order valence-electron chi connectivity index (χ0n) is 14.3. The first-order chi connectivity index (χ1) is 10.8. The van der Waals surface area contributed by atoms with Gasteiger partial charge in [0, 0.05) is 25.2 Å². The summed E-state index contributed by atoms with van der Waals surface area (Å²) in [6, 6.07) is 4.78. The summed E-state index contributed by atoms with van der Waals surface area (Å²) in [5.41, 5.74) is 7.66. The fourth-order valence-corrected chi connectivity index (χ4v) is 2.56. The molecule has 1 unspecified atom stereocenters. The highest BCUT2D eigenvalue weighted by atomic mass is 16.4. The van der Waals surface area contributed by atoms with E-state index in [0.29, 0.717) is 24.2 Å². The van der Waals surface area contributed by atoms with Crippen LogP contribution in [0.15, 0.2) is 18.2 Å². The summed E-state index contributed by atoms with van der Waals surface area (Å²) in [6.07, 6.45) is 0.536. The lowest BCUT2D eigenvalue weighted by Gasteiger charge is -2.32. The Bertz CT molecular complexity index is 558. The minimum atomic E-state index is -0.900. The molecule has 0 radical (unpaired) electrons. The molecule has 0 aliphatic carbocycles. The van der Waals surface area contributed by atoms with E-state index >= 15 is 0 Å². The van der Waals surface area contributed by atoms with Gasteiger partial charge in [0.2, 0.25) is 0 Å². The van der Waals surface area contributed by atoms with Crippen molar-refractivity contribution in [2.24, 2.45) is 5.92 Å². The van der Waals surface area contributed by atoms with Gasteiger partial charge in [-0.25, -0.2) is 0 Å². The smallest absolute Gasteiger partial charge is 0.305 e. The van der Waals surface area contributed by atoms with E-state index in [-0.39, 0.29) is 24.3 Å². The lowest BCUT2D eigenvalue weighted by molar-refractivity contribution is -0.138. The number of carboxylic acid groups (broad SMARTS) is 1. The van der Waals surface area contributed by atoms with Crippen LogP contribution in [0.1, 0.15) is 44.0 Å². The number of hydrogen-bond donors (Lipinski definition) is 3. The molecule has 1 aromatic rings. The summed E-state index contributed by atoms with van der Waals surface area (Å²) >= 11 is 0. The lowest BCUT2D eigenvalue weighted by Crippen LogP contribution is -2.43. The van der Waals surface area contributed by atoms with Crippen molar-refractivity contribution in [2.75, 3.05) is 24.6 Å². The first kappa shape index (κ1) is 18.8. The van der Waals surface area contributed by atoms with Crippen LogP contribution in [-0.4, -0.2) is 41.5 Å². The van der Waals surface area contributed by atoms with Crippen molar-refractivity contribution in [1.29, 1.82) is 0 Å². The highest BCUT2D eigenvalue weighted by Gasteiger charge is 2.26. The molecule has 23 heavy (non-hydrogen) atoms. The summed E-state index contributed by atoms with van der Waals surface area (Å²) in [5, 5.41) is 12.1. The van der Waals surface area contributed by atoms with Crippen molar-refractivity contribution < 1.29 is 14.7 Å². The van der Waals surface area contributed by atoms with Gasteiger partial charge in [0.1, 0.15) is 0 Å². The maximum atomic E-state index is 12.9. The Morgan fingerprint density at radius 3 is 2.43 bits per heavy atom. The Morgan fingerprint density at radius 1 is 1.35 bits per heavy atom. The molecule has 0 aliphatic heterocycles. The van der Waals surface area contributed by atoms with Gasteiger partial charge >= 0.3 is 5.97 Å². The van der Waals surface area contributed by atoms with Crippen LogP contribution in [0.25, 0.3) is 0 Å². The molecule has 6 heteroatoms. The van der Waals surface area contributed by atoms with Gasteiger partial charge in [-0.2, -0.15) is 0 Å². The number of nitrogens with two attached hydrogens (primary N) is 1. The third kappa shape index (κ3) is 5.16. The van der Waals surface area contributed by atoms with Crippen molar-refractivity contribution in [2.45, 2.75) is 39.7 Å². The molecule has 1 atom stereocenters. The molecular weight excluding hydrogens is 294 g/mol. The number of anilines is 2. The number of nitrogen functional groups attached to an aromatic ring is 1. The van der Waals surface area contributed by atoms with E-state index in [9.17, 15) is 9.59 Å². The van der Waals surface area contributed by atoms with Crippen LogP contribution < -0.4 is 11.1 Å². The maximum Gasteiger partial charge on any atom is 0.305 e. The van der Waals surface area contributed by atoms with E-state index in [1.54, 1.807) is 30.1 Å². The molecule has 0 heterocycles. The number of carbonyl (C=O) groups excluding carboxylic acids is 1. The van der Waals surface area contributed by atoms with Crippen molar-refractivity contribution >= 4 is 23.3 Å². The van der Waals surface area contributed by atoms with Crippen molar-refractivity contribution in [1.82, 2.24) is 4.90 Å².